The number of carbonyl (C=O) groups is 1. The van der Waals surface area contributed by atoms with E-state index in [2.05, 4.69) is 5.32 Å². The molecule has 1 aliphatic heterocycles. The Balaban J connectivity index is 1.35. The van der Waals surface area contributed by atoms with Crippen LogP contribution in [-0.4, -0.2) is 28.5 Å². The molecule has 0 atom stereocenters. The highest BCUT2D eigenvalue weighted by Gasteiger charge is 2.28. The maximum absolute atomic E-state index is 13.5. The van der Waals surface area contributed by atoms with Crippen LogP contribution >= 0.6 is 11.3 Å². The fraction of sp³-hybridized carbons (Fsp3) is 0.269. The van der Waals surface area contributed by atoms with Crippen LogP contribution < -0.4 is 15.8 Å². The summed E-state index contributed by atoms with van der Waals surface area (Å²) >= 11 is 1.39. The van der Waals surface area contributed by atoms with Crippen molar-refractivity contribution < 1.29 is 13.6 Å². The van der Waals surface area contributed by atoms with Gasteiger partial charge in [-0.25, -0.2) is 13.8 Å². The number of anilines is 2. The van der Waals surface area contributed by atoms with Gasteiger partial charge < -0.3 is 10.2 Å². The van der Waals surface area contributed by atoms with Gasteiger partial charge in [0.2, 0.25) is 11.9 Å². The molecular weight excluding hydrogens is 470 g/mol. The van der Waals surface area contributed by atoms with Crippen molar-refractivity contribution in [3.63, 3.8) is 0 Å². The third-order valence-corrected chi connectivity index (χ3v) is 7.23. The second-order valence-corrected chi connectivity index (χ2v) is 9.72. The lowest BCUT2D eigenvalue weighted by molar-refractivity contribution is -0.120. The minimum atomic E-state index is -1.00. The van der Waals surface area contributed by atoms with Crippen molar-refractivity contribution in [2.75, 3.05) is 23.3 Å². The summed E-state index contributed by atoms with van der Waals surface area (Å²) in [6.07, 6.45) is 1.11. The minimum Gasteiger partial charge on any atom is -0.342 e. The number of hydrogen-bond donors (Lipinski definition) is 1. The molecule has 2 aromatic carbocycles. The topological polar surface area (TPSA) is 67.2 Å². The minimum absolute atomic E-state index is 0.0706. The summed E-state index contributed by atoms with van der Waals surface area (Å²) in [5.41, 5.74) is 2.99. The average Bonchev–Trinajstić information content (AvgIpc) is 3.33. The molecule has 1 N–H and O–H groups in total. The lowest BCUT2D eigenvalue weighted by Crippen LogP contribution is -2.41. The summed E-state index contributed by atoms with van der Waals surface area (Å²) in [5, 5.41) is 4.55. The van der Waals surface area contributed by atoms with Gasteiger partial charge in [0.25, 0.3) is 5.56 Å². The molecule has 0 spiro atoms. The normalized spacial score (nSPS) is 14.4. The predicted octanol–water partition coefficient (Wildman–Crippen LogP) is 4.95. The van der Waals surface area contributed by atoms with E-state index < -0.39 is 11.6 Å². The van der Waals surface area contributed by atoms with Crippen LogP contribution in [0.5, 0.6) is 0 Å². The number of piperidine rings is 1. The Morgan fingerprint density at radius 1 is 1.09 bits per heavy atom. The number of carbonyl (C=O) groups excluding carboxylic acids is 1. The van der Waals surface area contributed by atoms with Crippen molar-refractivity contribution >= 4 is 39.1 Å². The Hall–Kier alpha value is -3.59. The molecule has 2 aromatic heterocycles. The molecule has 1 aliphatic rings. The first kappa shape index (κ1) is 23.2. The number of nitrogens with zero attached hydrogens (tertiary/aromatic N) is 3. The van der Waals surface area contributed by atoms with Gasteiger partial charge in [-0.05, 0) is 48.9 Å². The molecule has 3 heterocycles. The van der Waals surface area contributed by atoms with E-state index in [4.69, 9.17) is 4.98 Å². The number of halogens is 2. The van der Waals surface area contributed by atoms with Gasteiger partial charge in [0, 0.05) is 30.8 Å². The summed E-state index contributed by atoms with van der Waals surface area (Å²) in [4.78, 5) is 32.9. The van der Waals surface area contributed by atoms with Crippen molar-refractivity contribution in [1.29, 1.82) is 0 Å². The Morgan fingerprint density at radius 2 is 1.83 bits per heavy atom. The smallest absolute Gasteiger partial charge is 0.273 e. The number of hydrogen-bond acceptors (Lipinski definition) is 5. The van der Waals surface area contributed by atoms with Crippen molar-refractivity contribution in [3.8, 4) is 0 Å². The molecule has 0 unspecified atom stereocenters. The molecule has 1 fully saturated rings. The number of rotatable bonds is 5. The van der Waals surface area contributed by atoms with Crippen LogP contribution in [0.4, 0.5) is 20.4 Å². The SMILES string of the molecule is Cc1ccc(Cn2c(N3CCC(C(=O)Nc4ccc(F)c(F)c4)CC3)nc3ccsc3c2=O)cc1. The summed E-state index contributed by atoms with van der Waals surface area (Å²) < 4.78 is 29.0. The zero-order valence-electron chi connectivity index (χ0n) is 19.1. The molecule has 0 saturated carbocycles. The third-order valence-electron chi connectivity index (χ3n) is 6.34. The zero-order valence-corrected chi connectivity index (χ0v) is 19.9. The molecule has 0 bridgehead atoms. The van der Waals surface area contributed by atoms with Gasteiger partial charge in [-0.3, -0.25) is 14.2 Å². The molecule has 5 rings (SSSR count). The monoisotopic (exact) mass is 494 g/mol. The Labute approximate surface area is 204 Å². The standard InChI is InChI=1S/C26H24F2N4O2S/c1-16-2-4-17(5-3-16)15-32-25(34)23-22(10-13-35-23)30-26(32)31-11-8-18(9-12-31)24(33)29-19-6-7-20(27)21(28)14-19/h2-7,10,13-14,18H,8-9,11-12,15H2,1H3,(H,29,33). The molecular formula is C26H24F2N4O2S. The molecule has 180 valence electrons. The first-order valence-corrected chi connectivity index (χ1v) is 12.3. The van der Waals surface area contributed by atoms with Crippen LogP contribution in [0.3, 0.4) is 0 Å². The summed E-state index contributed by atoms with van der Waals surface area (Å²) in [5.74, 6) is -1.86. The van der Waals surface area contributed by atoms with E-state index in [0.717, 1.165) is 23.3 Å². The van der Waals surface area contributed by atoms with Gasteiger partial charge in [-0.1, -0.05) is 29.8 Å². The highest BCUT2D eigenvalue weighted by molar-refractivity contribution is 7.17. The number of aryl methyl sites for hydroxylation is 1. The number of aromatic nitrogens is 2. The van der Waals surface area contributed by atoms with E-state index in [1.54, 1.807) is 4.57 Å². The average molecular weight is 495 g/mol. The summed E-state index contributed by atoms with van der Waals surface area (Å²) in [6, 6.07) is 13.2. The van der Waals surface area contributed by atoms with Gasteiger partial charge >= 0.3 is 0 Å². The number of benzene rings is 2. The number of amides is 1. The predicted molar refractivity (Wildman–Crippen MR) is 134 cm³/mol. The van der Waals surface area contributed by atoms with E-state index in [-0.39, 0.29) is 23.1 Å². The van der Waals surface area contributed by atoms with Crippen molar-refractivity contribution in [3.05, 3.63) is 87.0 Å². The van der Waals surface area contributed by atoms with Crippen LogP contribution in [0.2, 0.25) is 0 Å². The van der Waals surface area contributed by atoms with Crippen LogP contribution in [0, 0.1) is 24.5 Å². The van der Waals surface area contributed by atoms with E-state index in [0.29, 0.717) is 48.6 Å². The van der Waals surface area contributed by atoms with Crippen molar-refractivity contribution in [2.45, 2.75) is 26.3 Å². The molecule has 9 heteroatoms. The van der Waals surface area contributed by atoms with Crippen LogP contribution in [0.25, 0.3) is 10.2 Å². The van der Waals surface area contributed by atoms with Gasteiger partial charge in [-0.15, -0.1) is 11.3 Å². The first-order chi connectivity index (χ1) is 16.9. The van der Waals surface area contributed by atoms with Gasteiger partial charge in [0.1, 0.15) is 4.70 Å². The zero-order chi connectivity index (χ0) is 24.5. The summed E-state index contributed by atoms with van der Waals surface area (Å²) in [7, 11) is 0. The fourth-order valence-electron chi connectivity index (χ4n) is 4.35. The lowest BCUT2D eigenvalue weighted by atomic mass is 9.96. The van der Waals surface area contributed by atoms with Gasteiger partial charge in [-0.2, -0.15) is 0 Å². The molecule has 0 aliphatic carbocycles. The van der Waals surface area contributed by atoms with E-state index in [1.165, 1.54) is 17.4 Å². The first-order valence-electron chi connectivity index (χ1n) is 11.4. The molecule has 35 heavy (non-hydrogen) atoms. The third kappa shape index (κ3) is 4.81. The number of nitrogens with one attached hydrogen (secondary N) is 1. The van der Waals surface area contributed by atoms with Crippen LogP contribution in [0.15, 0.2) is 58.7 Å². The van der Waals surface area contributed by atoms with Gasteiger partial charge in [0.05, 0.1) is 12.1 Å². The maximum Gasteiger partial charge on any atom is 0.273 e. The Kier molecular flexibility index (Phi) is 6.34. The number of fused-ring (bicyclic) bond motifs is 1. The molecule has 0 radical (unpaired) electrons. The van der Waals surface area contributed by atoms with Crippen molar-refractivity contribution in [1.82, 2.24) is 9.55 Å². The Morgan fingerprint density at radius 3 is 2.54 bits per heavy atom. The largest absolute Gasteiger partial charge is 0.342 e. The molecule has 4 aromatic rings. The summed E-state index contributed by atoms with van der Waals surface area (Å²) in [6.45, 7) is 3.52. The maximum atomic E-state index is 13.5. The van der Waals surface area contributed by atoms with E-state index in [1.807, 2.05) is 47.5 Å². The lowest BCUT2D eigenvalue weighted by Gasteiger charge is -2.33. The number of thiophene rings is 1. The highest BCUT2D eigenvalue weighted by Crippen LogP contribution is 2.26. The molecule has 1 amide bonds. The second-order valence-electron chi connectivity index (χ2n) is 8.80. The van der Waals surface area contributed by atoms with E-state index >= 15 is 0 Å². The van der Waals surface area contributed by atoms with Crippen LogP contribution in [-0.2, 0) is 11.3 Å². The molecule has 6 nitrogen and oxygen atoms in total. The van der Waals surface area contributed by atoms with Crippen molar-refractivity contribution in [2.24, 2.45) is 5.92 Å². The fourth-order valence-corrected chi connectivity index (χ4v) is 5.13. The molecule has 1 saturated heterocycles. The van der Waals surface area contributed by atoms with E-state index in [9.17, 15) is 18.4 Å². The quantitative estimate of drug-likeness (QED) is 0.427. The highest BCUT2D eigenvalue weighted by atomic mass is 32.1. The van der Waals surface area contributed by atoms with Gasteiger partial charge in [0.15, 0.2) is 11.6 Å². The van der Waals surface area contributed by atoms with Crippen LogP contribution in [0.1, 0.15) is 24.0 Å². The Bertz CT molecular complexity index is 1440. The second kappa shape index (κ2) is 9.58.